The van der Waals surface area contributed by atoms with Gasteiger partial charge in [-0.25, -0.2) is 17.8 Å². The van der Waals surface area contributed by atoms with E-state index in [0.29, 0.717) is 38.5 Å². The highest BCUT2D eigenvalue weighted by molar-refractivity contribution is 7.91. The summed E-state index contributed by atoms with van der Waals surface area (Å²) in [6.07, 6.45) is -1.66. The molecule has 3 fully saturated rings. The highest BCUT2D eigenvalue weighted by Crippen LogP contribution is 2.59. The van der Waals surface area contributed by atoms with Crippen LogP contribution in [0.25, 0.3) is 10.9 Å². The Hall–Kier alpha value is -4.28. The number of amides is 2. The average Bonchev–Trinajstić information content (AvgIpc) is 4.03. The monoisotopic (exact) mass is 849 g/mol. The number of rotatable bonds is 6. The summed E-state index contributed by atoms with van der Waals surface area (Å²) in [5.41, 5.74) is -6.21. The van der Waals surface area contributed by atoms with E-state index in [1.807, 2.05) is 12.2 Å². The predicted molar refractivity (Wildman–Crippen MR) is 206 cm³/mol. The molecule has 1 aromatic heterocycles. The number of halogens is 4. The molecule has 0 unspecified atom stereocenters. The van der Waals surface area contributed by atoms with Crippen molar-refractivity contribution in [3.63, 3.8) is 0 Å². The number of allylic oxidation sites excluding steroid dienone is 2. The van der Waals surface area contributed by atoms with Crippen LogP contribution in [-0.4, -0.2) is 77.5 Å². The van der Waals surface area contributed by atoms with E-state index in [1.54, 1.807) is 20.8 Å². The number of alkyl halides is 4. The number of Topliss-reactive ketones (excluding diaryl/α,β-unsaturated/α-hetero) is 1. The number of pyridine rings is 1. The molecule has 2 saturated carbocycles. The zero-order chi connectivity index (χ0) is 42.9. The first-order valence-electron chi connectivity index (χ1n) is 20.2. The minimum absolute atomic E-state index is 0.0444. The van der Waals surface area contributed by atoms with Gasteiger partial charge in [0, 0.05) is 36.1 Å². The largest absolute Gasteiger partial charge is 0.497 e. The Morgan fingerprint density at radius 3 is 2.46 bits per heavy atom. The van der Waals surface area contributed by atoms with E-state index >= 15 is 4.39 Å². The van der Waals surface area contributed by atoms with E-state index in [1.165, 1.54) is 37.1 Å². The van der Waals surface area contributed by atoms with Crippen LogP contribution in [0.1, 0.15) is 122 Å². The third-order valence-electron chi connectivity index (χ3n) is 12.6. The number of ether oxygens (including phenoxy) is 3. The van der Waals surface area contributed by atoms with E-state index in [4.69, 9.17) is 14.2 Å². The Morgan fingerprint density at radius 2 is 1.80 bits per heavy atom. The Bertz CT molecular complexity index is 2200. The Labute approximate surface area is 340 Å². The lowest BCUT2D eigenvalue weighted by atomic mass is 9.84. The fraction of sp³-hybridized carbons (Fsp3) is 0.643. The molecule has 0 bridgehead atoms. The molecule has 322 valence electrons. The molecule has 17 heteroatoms. The second-order valence-corrected chi connectivity index (χ2v) is 20.5. The van der Waals surface area contributed by atoms with Crippen molar-refractivity contribution in [2.75, 3.05) is 13.7 Å². The molecular weight excluding hydrogens is 799 g/mol. The maximum absolute atomic E-state index is 16.8. The average molecular weight is 850 g/mol. The first-order chi connectivity index (χ1) is 27.5. The van der Waals surface area contributed by atoms with Gasteiger partial charge in [-0.1, -0.05) is 25.0 Å². The standard InChI is InChI=1S/C42H51F4N3O9S/c1-38(2,3)57-32(51)17-24-11-9-7-6-8-10-12-25-19-41(25,37(53)48-59(54,55)39(4)15-16-39)22-31(50)30-21-40(23-49(30)36(24)52)20-28(43)33-27-18-26(56-5)13-14-29(27)47-35(34(33)58-40)42(44,45)46/h10,12-14,18,24-25,28,30H,6-9,11,15-17,19-23H2,1-5H3,(H,48,53)/b12-10-/t24-,25-,28+,30+,40-,41-/m1/s1. The van der Waals surface area contributed by atoms with Gasteiger partial charge in [-0.15, -0.1) is 0 Å². The Kier molecular flexibility index (Phi) is 10.9. The zero-order valence-electron chi connectivity index (χ0n) is 33.9. The van der Waals surface area contributed by atoms with Crippen molar-refractivity contribution in [2.24, 2.45) is 17.3 Å². The number of carbonyl (C=O) groups is 4. The van der Waals surface area contributed by atoms with Crippen molar-refractivity contribution in [1.29, 1.82) is 0 Å². The van der Waals surface area contributed by atoms with E-state index in [2.05, 4.69) is 9.71 Å². The number of sulfonamides is 1. The van der Waals surface area contributed by atoms with E-state index in [9.17, 15) is 40.8 Å². The first-order valence-corrected chi connectivity index (χ1v) is 21.7. The molecule has 1 saturated heterocycles. The molecular formula is C42H51F4N3O9S. The number of aromatic nitrogens is 1. The van der Waals surface area contributed by atoms with Gasteiger partial charge in [0.25, 0.3) is 0 Å². The fourth-order valence-corrected chi connectivity index (χ4v) is 10.3. The SMILES string of the molecule is COc1ccc2nc(C(F)(F)F)c3c(c2c1)[C@@H](F)C[C@]1(C[C@H]2C(=O)C[C@]4(C(=O)NS(=O)(=O)C5(C)CC5)C[C@H]4/C=C\CCCCC[C@H](CC(=O)OC(C)(C)C)C(=O)N2C1)O3. The number of esters is 1. The highest BCUT2D eigenvalue weighted by Gasteiger charge is 2.64. The quantitative estimate of drug-likeness (QED) is 0.179. The van der Waals surface area contributed by atoms with Gasteiger partial charge >= 0.3 is 12.1 Å². The van der Waals surface area contributed by atoms with Gasteiger partial charge in [0.15, 0.2) is 17.2 Å². The van der Waals surface area contributed by atoms with Crippen LogP contribution in [-0.2, 0) is 40.1 Å². The van der Waals surface area contributed by atoms with Gasteiger partial charge in [0.05, 0.1) is 41.8 Å². The molecule has 5 aliphatic rings. The topological polar surface area (TPSA) is 158 Å². The van der Waals surface area contributed by atoms with Crippen molar-refractivity contribution in [1.82, 2.24) is 14.6 Å². The molecule has 7 rings (SSSR count). The normalized spacial score (nSPS) is 30.2. The molecule has 12 nitrogen and oxygen atoms in total. The lowest BCUT2D eigenvalue weighted by Gasteiger charge is -2.38. The van der Waals surface area contributed by atoms with E-state index in [0.717, 1.165) is 0 Å². The smallest absolute Gasteiger partial charge is 0.437 e. The lowest BCUT2D eigenvalue weighted by Crippen LogP contribution is -2.48. The van der Waals surface area contributed by atoms with Gasteiger partial charge in [-0.3, -0.25) is 23.9 Å². The molecule has 1 spiro atoms. The second-order valence-electron chi connectivity index (χ2n) is 18.3. The molecule has 2 amide bonds. The van der Waals surface area contributed by atoms with Crippen LogP contribution in [0.15, 0.2) is 30.4 Å². The van der Waals surface area contributed by atoms with Crippen molar-refractivity contribution >= 4 is 44.5 Å². The number of benzene rings is 1. The van der Waals surface area contributed by atoms with Gasteiger partial charge in [0.2, 0.25) is 21.8 Å². The maximum atomic E-state index is 16.8. The van der Waals surface area contributed by atoms with Gasteiger partial charge in [-0.05, 0) is 90.3 Å². The number of carbonyl (C=O) groups excluding carboxylic acids is 4. The number of fused-ring (bicyclic) bond motifs is 5. The van der Waals surface area contributed by atoms with Crippen molar-refractivity contribution in [3.8, 4) is 11.5 Å². The number of hydrogen-bond acceptors (Lipinski definition) is 10. The number of methoxy groups -OCH3 is 1. The third kappa shape index (κ3) is 8.41. The van der Waals surface area contributed by atoms with Crippen molar-refractivity contribution in [3.05, 3.63) is 41.6 Å². The maximum Gasteiger partial charge on any atom is 0.437 e. The van der Waals surface area contributed by atoms with Crippen LogP contribution in [0, 0.1) is 17.3 Å². The summed E-state index contributed by atoms with van der Waals surface area (Å²) in [6, 6.07) is 2.65. The number of nitrogens with one attached hydrogen (secondary N) is 1. The number of nitrogens with zero attached hydrogens (tertiary/aromatic N) is 2. The van der Waals surface area contributed by atoms with Crippen molar-refractivity contribution < 1.29 is 59.4 Å². The van der Waals surface area contributed by atoms with Crippen LogP contribution in [0.5, 0.6) is 11.5 Å². The Morgan fingerprint density at radius 1 is 1.07 bits per heavy atom. The fourth-order valence-electron chi connectivity index (χ4n) is 8.93. The van der Waals surface area contributed by atoms with Crippen molar-refractivity contribution in [2.45, 2.75) is 139 Å². The van der Waals surface area contributed by atoms with Crippen LogP contribution < -0.4 is 14.2 Å². The zero-order valence-corrected chi connectivity index (χ0v) is 34.7. The summed E-state index contributed by atoms with van der Waals surface area (Å²) in [5.74, 6) is -4.94. The summed E-state index contributed by atoms with van der Waals surface area (Å²) in [4.78, 5) is 61.7. The van der Waals surface area contributed by atoms with Crippen LogP contribution in [0.3, 0.4) is 0 Å². The van der Waals surface area contributed by atoms with Crippen LogP contribution in [0.4, 0.5) is 17.6 Å². The first kappa shape index (κ1) is 42.8. The van der Waals surface area contributed by atoms with Gasteiger partial charge in [-0.2, -0.15) is 13.2 Å². The summed E-state index contributed by atoms with van der Waals surface area (Å²) >= 11 is 0. The molecule has 2 aromatic rings. The molecule has 1 aromatic carbocycles. The van der Waals surface area contributed by atoms with E-state index < -0.39 is 122 Å². The third-order valence-corrected chi connectivity index (χ3v) is 14.7. The minimum Gasteiger partial charge on any atom is -0.497 e. The summed E-state index contributed by atoms with van der Waals surface area (Å²) in [7, 11) is -2.74. The molecule has 2 aliphatic carbocycles. The van der Waals surface area contributed by atoms with Crippen LogP contribution >= 0.6 is 0 Å². The summed E-state index contributed by atoms with van der Waals surface area (Å²) in [5, 5.41) is 0.0444. The molecule has 1 N–H and O–H groups in total. The molecule has 59 heavy (non-hydrogen) atoms. The summed E-state index contributed by atoms with van der Waals surface area (Å²) < 4.78 is 106. The summed E-state index contributed by atoms with van der Waals surface area (Å²) in [6.45, 7) is 6.06. The minimum atomic E-state index is -5.09. The molecule has 0 radical (unpaired) electrons. The molecule has 4 heterocycles. The van der Waals surface area contributed by atoms with Gasteiger partial charge < -0.3 is 19.1 Å². The highest BCUT2D eigenvalue weighted by atomic mass is 32.2. The molecule has 3 aliphatic heterocycles. The lowest BCUT2D eigenvalue weighted by molar-refractivity contribution is -0.159. The number of ketones is 1. The van der Waals surface area contributed by atoms with Crippen LogP contribution in [0.2, 0.25) is 0 Å². The predicted octanol–water partition coefficient (Wildman–Crippen LogP) is 7.23. The number of hydrogen-bond donors (Lipinski definition) is 1. The Balaban J connectivity index is 1.29. The van der Waals surface area contributed by atoms with E-state index in [-0.39, 0.29) is 41.5 Å². The second kappa shape index (κ2) is 15.0. The molecule has 6 atom stereocenters. The van der Waals surface area contributed by atoms with Gasteiger partial charge in [0.1, 0.15) is 23.1 Å².